The molecule has 82 valence electrons. The summed E-state index contributed by atoms with van der Waals surface area (Å²) in [5.41, 5.74) is 0.480. The molecule has 1 saturated carbocycles. The third-order valence-electron chi connectivity index (χ3n) is 3.66. The summed E-state index contributed by atoms with van der Waals surface area (Å²) in [6.07, 6.45) is 0.879. The Balaban J connectivity index is 2.50. The average Bonchev–Trinajstić information content (AvgIpc) is 2.74. The summed E-state index contributed by atoms with van der Waals surface area (Å²) < 4.78 is 0. The van der Waals surface area contributed by atoms with Crippen molar-refractivity contribution < 1.29 is 10.2 Å². The standard InChI is InChI=1S/C12H15ClO2/c1-11(2)6-12(11,7-14)9-5-8(13)3-4-10(9)15/h3-5,14-15H,6-7H2,1-2H3. The van der Waals surface area contributed by atoms with E-state index in [1.807, 2.05) is 0 Å². The van der Waals surface area contributed by atoms with Gasteiger partial charge < -0.3 is 10.2 Å². The van der Waals surface area contributed by atoms with Gasteiger partial charge in [0.05, 0.1) is 6.61 Å². The normalized spacial score (nSPS) is 27.7. The number of aliphatic hydroxyl groups is 1. The molecule has 2 N–H and O–H groups in total. The van der Waals surface area contributed by atoms with Crippen molar-refractivity contribution in [2.75, 3.05) is 6.61 Å². The molecule has 0 aromatic heterocycles. The van der Waals surface area contributed by atoms with Crippen LogP contribution in [0.15, 0.2) is 18.2 Å². The first-order chi connectivity index (χ1) is 6.93. The highest BCUT2D eigenvalue weighted by molar-refractivity contribution is 6.30. The predicted octanol–water partition coefficient (Wildman–Crippen LogP) is 2.71. The Morgan fingerprint density at radius 3 is 2.47 bits per heavy atom. The molecule has 1 aliphatic carbocycles. The van der Waals surface area contributed by atoms with E-state index < -0.39 is 0 Å². The molecule has 1 aromatic carbocycles. The second-order valence-corrected chi connectivity index (χ2v) is 5.40. The van der Waals surface area contributed by atoms with Crippen LogP contribution < -0.4 is 0 Å². The monoisotopic (exact) mass is 226 g/mol. The molecule has 3 heteroatoms. The first-order valence-electron chi connectivity index (χ1n) is 5.03. The number of halogens is 1. The highest BCUT2D eigenvalue weighted by atomic mass is 35.5. The van der Waals surface area contributed by atoms with E-state index in [1.165, 1.54) is 0 Å². The summed E-state index contributed by atoms with van der Waals surface area (Å²) in [5.74, 6) is 0.221. The number of phenols is 1. The van der Waals surface area contributed by atoms with Crippen LogP contribution in [-0.2, 0) is 5.41 Å². The van der Waals surface area contributed by atoms with Gasteiger partial charge in [0, 0.05) is 16.0 Å². The molecule has 2 rings (SSSR count). The lowest BCUT2D eigenvalue weighted by Crippen LogP contribution is -2.19. The predicted molar refractivity (Wildman–Crippen MR) is 60.3 cm³/mol. The van der Waals surface area contributed by atoms with Gasteiger partial charge in [0.1, 0.15) is 5.75 Å². The van der Waals surface area contributed by atoms with Crippen LogP contribution in [0, 0.1) is 5.41 Å². The Bertz CT molecular complexity index is 401. The third-order valence-corrected chi connectivity index (χ3v) is 3.89. The van der Waals surface area contributed by atoms with Crippen LogP contribution in [0.25, 0.3) is 0 Å². The van der Waals surface area contributed by atoms with Gasteiger partial charge in [-0.3, -0.25) is 0 Å². The van der Waals surface area contributed by atoms with E-state index in [1.54, 1.807) is 18.2 Å². The van der Waals surface area contributed by atoms with Gasteiger partial charge in [-0.25, -0.2) is 0 Å². The minimum atomic E-state index is -0.317. The first-order valence-corrected chi connectivity index (χ1v) is 5.41. The lowest BCUT2D eigenvalue weighted by molar-refractivity contribution is 0.228. The fourth-order valence-electron chi connectivity index (χ4n) is 2.42. The van der Waals surface area contributed by atoms with E-state index in [4.69, 9.17) is 11.6 Å². The first kappa shape index (κ1) is 10.8. The van der Waals surface area contributed by atoms with Crippen molar-refractivity contribution in [2.24, 2.45) is 5.41 Å². The third kappa shape index (κ3) is 1.44. The number of hydrogen-bond acceptors (Lipinski definition) is 2. The van der Waals surface area contributed by atoms with Crippen molar-refractivity contribution in [3.8, 4) is 5.75 Å². The number of benzene rings is 1. The van der Waals surface area contributed by atoms with Gasteiger partial charge >= 0.3 is 0 Å². The zero-order valence-electron chi connectivity index (χ0n) is 8.92. The second kappa shape index (κ2) is 3.13. The molecule has 0 spiro atoms. The number of aromatic hydroxyl groups is 1. The Labute approximate surface area is 94.5 Å². The number of phenolic OH excluding ortho intramolecular Hbond substituents is 1. The SMILES string of the molecule is CC1(C)CC1(CO)c1cc(Cl)ccc1O. The molecule has 1 aromatic rings. The van der Waals surface area contributed by atoms with Crippen LogP contribution in [0.2, 0.25) is 5.02 Å². The summed E-state index contributed by atoms with van der Waals surface area (Å²) in [7, 11) is 0. The van der Waals surface area contributed by atoms with Crippen LogP contribution >= 0.6 is 11.6 Å². The Hall–Kier alpha value is -0.730. The maximum absolute atomic E-state index is 9.80. The van der Waals surface area contributed by atoms with Gasteiger partial charge in [-0.1, -0.05) is 25.4 Å². The number of rotatable bonds is 2. The highest BCUT2D eigenvalue weighted by Crippen LogP contribution is 2.65. The van der Waals surface area contributed by atoms with Crippen molar-refractivity contribution in [3.05, 3.63) is 28.8 Å². The smallest absolute Gasteiger partial charge is 0.119 e. The minimum Gasteiger partial charge on any atom is -0.508 e. The maximum atomic E-state index is 9.80. The molecule has 0 saturated heterocycles. The Kier molecular flexibility index (Phi) is 2.25. The molecule has 0 heterocycles. The zero-order valence-corrected chi connectivity index (χ0v) is 9.67. The lowest BCUT2D eigenvalue weighted by atomic mass is 9.88. The molecule has 2 nitrogen and oxygen atoms in total. The fourth-order valence-corrected chi connectivity index (χ4v) is 2.59. The van der Waals surface area contributed by atoms with Gasteiger partial charge in [0.25, 0.3) is 0 Å². The van der Waals surface area contributed by atoms with E-state index in [9.17, 15) is 10.2 Å². The summed E-state index contributed by atoms with van der Waals surface area (Å²) in [6, 6.07) is 4.99. The van der Waals surface area contributed by atoms with Crippen LogP contribution in [0.3, 0.4) is 0 Å². The quantitative estimate of drug-likeness (QED) is 0.814. The summed E-state index contributed by atoms with van der Waals surface area (Å²) in [5, 5.41) is 19.9. The fraction of sp³-hybridized carbons (Fsp3) is 0.500. The van der Waals surface area contributed by atoms with Crippen molar-refractivity contribution >= 4 is 11.6 Å². The van der Waals surface area contributed by atoms with Crippen LogP contribution in [0.5, 0.6) is 5.75 Å². The van der Waals surface area contributed by atoms with Gasteiger partial charge in [0.2, 0.25) is 0 Å². The molecule has 1 unspecified atom stereocenters. The lowest BCUT2D eigenvalue weighted by Gasteiger charge is -2.19. The van der Waals surface area contributed by atoms with E-state index in [0.717, 1.165) is 12.0 Å². The van der Waals surface area contributed by atoms with Gasteiger partial charge in [-0.05, 0) is 30.0 Å². The molecule has 0 bridgehead atoms. The summed E-state index contributed by atoms with van der Waals surface area (Å²) in [6.45, 7) is 4.22. The van der Waals surface area contributed by atoms with E-state index in [-0.39, 0.29) is 23.2 Å². The molecule has 1 fully saturated rings. The highest BCUT2D eigenvalue weighted by Gasteiger charge is 2.62. The molecular formula is C12H15ClO2. The van der Waals surface area contributed by atoms with E-state index in [2.05, 4.69) is 13.8 Å². The van der Waals surface area contributed by atoms with Crippen molar-refractivity contribution in [1.29, 1.82) is 0 Å². The molecule has 1 aliphatic rings. The van der Waals surface area contributed by atoms with Gasteiger partial charge in [-0.15, -0.1) is 0 Å². The van der Waals surface area contributed by atoms with Gasteiger partial charge in [0.15, 0.2) is 0 Å². The average molecular weight is 227 g/mol. The van der Waals surface area contributed by atoms with Crippen molar-refractivity contribution in [3.63, 3.8) is 0 Å². The Morgan fingerprint density at radius 1 is 1.40 bits per heavy atom. The van der Waals surface area contributed by atoms with Crippen molar-refractivity contribution in [2.45, 2.75) is 25.7 Å². The molecule has 15 heavy (non-hydrogen) atoms. The van der Waals surface area contributed by atoms with Crippen LogP contribution in [-0.4, -0.2) is 16.8 Å². The van der Waals surface area contributed by atoms with E-state index >= 15 is 0 Å². The molecule has 1 atom stereocenters. The van der Waals surface area contributed by atoms with Crippen molar-refractivity contribution in [1.82, 2.24) is 0 Å². The van der Waals surface area contributed by atoms with Gasteiger partial charge in [-0.2, -0.15) is 0 Å². The van der Waals surface area contributed by atoms with Crippen LogP contribution in [0.1, 0.15) is 25.8 Å². The minimum absolute atomic E-state index is 0.0317. The number of aliphatic hydroxyl groups excluding tert-OH is 1. The van der Waals surface area contributed by atoms with Crippen LogP contribution in [0.4, 0.5) is 0 Å². The Morgan fingerprint density at radius 2 is 2.00 bits per heavy atom. The maximum Gasteiger partial charge on any atom is 0.119 e. The molecular weight excluding hydrogens is 212 g/mol. The molecule has 0 radical (unpaired) electrons. The molecule has 0 amide bonds. The summed E-state index contributed by atoms with van der Waals surface area (Å²) >= 11 is 5.91. The van der Waals surface area contributed by atoms with E-state index in [0.29, 0.717) is 5.02 Å². The topological polar surface area (TPSA) is 40.5 Å². The zero-order chi connectivity index (χ0) is 11.3. The largest absolute Gasteiger partial charge is 0.508 e. The molecule has 0 aliphatic heterocycles. The summed E-state index contributed by atoms with van der Waals surface area (Å²) in [4.78, 5) is 0. The second-order valence-electron chi connectivity index (χ2n) is 4.96. The number of hydrogen-bond donors (Lipinski definition) is 2.